The van der Waals surface area contributed by atoms with Gasteiger partial charge in [0.15, 0.2) is 6.10 Å². The van der Waals surface area contributed by atoms with Crippen LogP contribution in [0.15, 0.2) is 12.2 Å². The zero-order valence-corrected chi connectivity index (χ0v) is 35.4. The molecule has 0 aromatic rings. The number of hydrogen-bond donors (Lipinski definition) is 2. The summed E-state index contributed by atoms with van der Waals surface area (Å²) < 4.78 is 32.8. The van der Waals surface area contributed by atoms with E-state index in [9.17, 15) is 19.0 Å². The van der Waals surface area contributed by atoms with Crippen LogP contribution in [0.2, 0.25) is 0 Å². The number of phosphoric acid groups is 1. The molecular formula is C43H84NO8P. The smallest absolute Gasteiger partial charge is 0.462 e. The first-order chi connectivity index (χ1) is 25.8. The summed E-state index contributed by atoms with van der Waals surface area (Å²) in [5, 5.41) is 0. The molecule has 314 valence electrons. The van der Waals surface area contributed by atoms with Gasteiger partial charge in [-0.3, -0.25) is 18.6 Å². The average molecular weight is 774 g/mol. The minimum atomic E-state index is -4.37. The number of rotatable bonds is 42. The Kier molecular flexibility index (Phi) is 39.5. The summed E-state index contributed by atoms with van der Waals surface area (Å²) in [6.07, 6.45) is 40.9. The Balaban J connectivity index is 4.12. The van der Waals surface area contributed by atoms with Crippen LogP contribution in [0.4, 0.5) is 0 Å². The van der Waals surface area contributed by atoms with Crippen molar-refractivity contribution in [3.05, 3.63) is 12.2 Å². The van der Waals surface area contributed by atoms with Gasteiger partial charge in [0.2, 0.25) is 0 Å². The number of ether oxygens (including phenoxy) is 2. The third-order valence-electron chi connectivity index (χ3n) is 9.65. The highest BCUT2D eigenvalue weighted by Crippen LogP contribution is 2.43. The molecule has 0 aliphatic rings. The molecule has 53 heavy (non-hydrogen) atoms. The second-order valence-electron chi connectivity index (χ2n) is 14.9. The molecular weight excluding hydrogens is 689 g/mol. The molecule has 0 aliphatic heterocycles. The molecule has 0 aromatic carbocycles. The molecule has 0 aliphatic carbocycles. The average Bonchev–Trinajstić information content (AvgIpc) is 3.14. The van der Waals surface area contributed by atoms with Gasteiger partial charge in [0, 0.05) is 19.4 Å². The van der Waals surface area contributed by atoms with E-state index < -0.39 is 26.5 Å². The van der Waals surface area contributed by atoms with Crippen LogP contribution in [0, 0.1) is 0 Å². The molecule has 0 spiro atoms. The minimum absolute atomic E-state index is 0.0555. The van der Waals surface area contributed by atoms with E-state index in [2.05, 4.69) is 26.0 Å². The predicted molar refractivity (Wildman–Crippen MR) is 220 cm³/mol. The zero-order valence-electron chi connectivity index (χ0n) is 34.5. The lowest BCUT2D eigenvalue weighted by Crippen LogP contribution is -2.29. The summed E-state index contributed by atoms with van der Waals surface area (Å²) >= 11 is 0. The Morgan fingerprint density at radius 3 is 1.34 bits per heavy atom. The van der Waals surface area contributed by atoms with Crippen molar-refractivity contribution in [2.24, 2.45) is 5.73 Å². The molecule has 0 heterocycles. The van der Waals surface area contributed by atoms with Gasteiger partial charge in [0.05, 0.1) is 13.2 Å². The normalized spacial score (nSPS) is 13.4. The van der Waals surface area contributed by atoms with Crippen molar-refractivity contribution >= 4 is 19.8 Å². The molecule has 0 saturated heterocycles. The first-order valence-corrected chi connectivity index (χ1v) is 23.7. The number of phosphoric ester groups is 1. The van der Waals surface area contributed by atoms with E-state index >= 15 is 0 Å². The molecule has 0 bridgehead atoms. The molecule has 0 rings (SSSR count). The Hall–Kier alpha value is -1.25. The lowest BCUT2D eigenvalue weighted by molar-refractivity contribution is -0.161. The number of carbonyl (C=O) groups excluding carboxylic acids is 2. The molecule has 3 N–H and O–H groups in total. The molecule has 0 fully saturated rings. The fourth-order valence-corrected chi connectivity index (χ4v) is 7.10. The van der Waals surface area contributed by atoms with Gasteiger partial charge in [-0.2, -0.15) is 0 Å². The summed E-state index contributed by atoms with van der Waals surface area (Å²) in [4.78, 5) is 34.9. The van der Waals surface area contributed by atoms with E-state index in [4.69, 9.17) is 24.3 Å². The summed E-state index contributed by atoms with van der Waals surface area (Å²) in [6, 6.07) is 0. The minimum Gasteiger partial charge on any atom is -0.462 e. The second kappa shape index (κ2) is 40.4. The van der Waals surface area contributed by atoms with E-state index in [0.29, 0.717) is 6.42 Å². The molecule has 9 nitrogen and oxygen atoms in total. The van der Waals surface area contributed by atoms with Crippen LogP contribution in [0.1, 0.15) is 219 Å². The van der Waals surface area contributed by atoms with E-state index in [1.807, 2.05) is 0 Å². The molecule has 0 saturated carbocycles. The summed E-state index contributed by atoms with van der Waals surface area (Å²) in [6.45, 7) is 3.75. The van der Waals surface area contributed by atoms with Gasteiger partial charge in [-0.1, -0.05) is 180 Å². The van der Waals surface area contributed by atoms with Gasteiger partial charge in [0.1, 0.15) is 6.61 Å². The van der Waals surface area contributed by atoms with Crippen molar-refractivity contribution < 1.29 is 37.6 Å². The number of allylic oxidation sites excluding steroid dienone is 2. The molecule has 0 amide bonds. The van der Waals surface area contributed by atoms with Crippen molar-refractivity contribution in [1.29, 1.82) is 0 Å². The van der Waals surface area contributed by atoms with Crippen LogP contribution < -0.4 is 5.73 Å². The summed E-state index contributed by atoms with van der Waals surface area (Å²) in [7, 11) is -4.37. The van der Waals surface area contributed by atoms with Gasteiger partial charge in [-0.15, -0.1) is 0 Å². The third kappa shape index (κ3) is 40.2. The highest BCUT2D eigenvalue weighted by molar-refractivity contribution is 7.47. The molecule has 0 aromatic heterocycles. The number of unbranched alkanes of at least 4 members (excludes halogenated alkanes) is 27. The van der Waals surface area contributed by atoms with Gasteiger partial charge >= 0.3 is 19.8 Å². The maximum absolute atomic E-state index is 12.6. The summed E-state index contributed by atoms with van der Waals surface area (Å²) in [5.41, 5.74) is 5.35. The highest BCUT2D eigenvalue weighted by Gasteiger charge is 2.26. The lowest BCUT2D eigenvalue weighted by atomic mass is 10.0. The largest absolute Gasteiger partial charge is 0.472 e. The van der Waals surface area contributed by atoms with Gasteiger partial charge in [-0.05, 0) is 38.5 Å². The van der Waals surface area contributed by atoms with Crippen LogP contribution in [0.5, 0.6) is 0 Å². The van der Waals surface area contributed by atoms with Crippen molar-refractivity contribution in [2.45, 2.75) is 225 Å². The first kappa shape index (κ1) is 51.8. The number of carbonyl (C=O) groups is 2. The Morgan fingerprint density at radius 1 is 0.547 bits per heavy atom. The van der Waals surface area contributed by atoms with Gasteiger partial charge < -0.3 is 20.1 Å². The van der Waals surface area contributed by atoms with Crippen molar-refractivity contribution in [1.82, 2.24) is 0 Å². The molecule has 1 unspecified atom stereocenters. The first-order valence-electron chi connectivity index (χ1n) is 22.2. The number of hydrogen-bond acceptors (Lipinski definition) is 8. The fourth-order valence-electron chi connectivity index (χ4n) is 6.34. The lowest BCUT2D eigenvalue weighted by Gasteiger charge is -2.19. The Labute approximate surface area is 326 Å². The second-order valence-corrected chi connectivity index (χ2v) is 16.4. The van der Waals surface area contributed by atoms with Crippen LogP contribution in [-0.4, -0.2) is 49.3 Å². The number of esters is 2. The third-order valence-corrected chi connectivity index (χ3v) is 10.6. The van der Waals surface area contributed by atoms with Crippen LogP contribution in [-0.2, 0) is 32.7 Å². The van der Waals surface area contributed by atoms with Crippen LogP contribution >= 0.6 is 7.82 Å². The Morgan fingerprint density at radius 2 is 0.925 bits per heavy atom. The van der Waals surface area contributed by atoms with E-state index in [-0.39, 0.29) is 38.6 Å². The van der Waals surface area contributed by atoms with Gasteiger partial charge in [-0.25, -0.2) is 4.57 Å². The number of nitrogens with two attached hydrogens (primary N) is 1. The molecule has 10 heteroatoms. The van der Waals surface area contributed by atoms with Crippen LogP contribution in [0.25, 0.3) is 0 Å². The monoisotopic (exact) mass is 774 g/mol. The quantitative estimate of drug-likeness (QED) is 0.0269. The summed E-state index contributed by atoms with van der Waals surface area (Å²) in [5.74, 6) is -0.822. The van der Waals surface area contributed by atoms with Crippen LogP contribution in [0.3, 0.4) is 0 Å². The van der Waals surface area contributed by atoms with Crippen molar-refractivity contribution in [3.63, 3.8) is 0 Å². The van der Waals surface area contributed by atoms with E-state index in [1.165, 1.54) is 141 Å². The highest BCUT2D eigenvalue weighted by atomic mass is 31.2. The van der Waals surface area contributed by atoms with E-state index in [1.54, 1.807) is 0 Å². The standard InChI is InChI=1S/C43H84NO8P/c1-3-5-7-9-11-13-15-17-19-20-22-24-26-28-30-32-34-36-43(46)52-41(40-51-53(47,48)50-38-37-44)39-49-42(45)35-33-31-29-27-25-23-21-18-16-14-12-10-8-6-4-2/h17,19,41H,3-16,18,20-40,44H2,1-2H3,(H,47,48)/b19-17-/t41-/m1/s1. The predicted octanol–water partition coefficient (Wildman–Crippen LogP) is 12.6. The van der Waals surface area contributed by atoms with Gasteiger partial charge in [0.25, 0.3) is 0 Å². The Bertz CT molecular complexity index is 886. The zero-order chi connectivity index (χ0) is 38.9. The fraction of sp³-hybridized carbons (Fsp3) is 0.907. The van der Waals surface area contributed by atoms with Crippen molar-refractivity contribution in [2.75, 3.05) is 26.4 Å². The topological polar surface area (TPSA) is 134 Å². The molecule has 0 radical (unpaired) electrons. The maximum Gasteiger partial charge on any atom is 0.472 e. The van der Waals surface area contributed by atoms with Crippen molar-refractivity contribution in [3.8, 4) is 0 Å². The maximum atomic E-state index is 12.6. The SMILES string of the molecule is CCCCCCCC/C=C\CCCCCCCCCC(=O)O[C@H](COC(=O)CCCCCCCCCCCCCCCCC)COP(=O)(O)OCCN. The van der Waals surface area contributed by atoms with E-state index in [0.717, 1.165) is 44.9 Å². The molecule has 2 atom stereocenters.